The molecule has 0 saturated carbocycles. The van der Waals surface area contributed by atoms with Gasteiger partial charge in [0.05, 0.1) is 23.1 Å². The maximum atomic E-state index is 12.8. The lowest BCUT2D eigenvalue weighted by atomic mass is 10.00. The van der Waals surface area contributed by atoms with E-state index in [0.717, 1.165) is 17.7 Å². The van der Waals surface area contributed by atoms with Crippen LogP contribution in [-0.2, 0) is 6.18 Å². The number of ether oxygens (including phenoxy) is 1. The maximum absolute atomic E-state index is 12.8. The first-order valence-electron chi connectivity index (χ1n) is 7.20. The number of benzene rings is 2. The maximum Gasteiger partial charge on any atom is 0.416 e. The topological polar surface area (TPSA) is 64.4 Å². The van der Waals surface area contributed by atoms with Crippen LogP contribution in [0.4, 0.5) is 24.5 Å². The molecule has 1 unspecified atom stereocenters. The summed E-state index contributed by atoms with van der Waals surface area (Å²) in [5, 5.41) is 14.1. The first-order chi connectivity index (χ1) is 11.4. The lowest BCUT2D eigenvalue weighted by Gasteiger charge is -2.27. The van der Waals surface area contributed by atoms with Crippen LogP contribution in [0.15, 0.2) is 42.5 Å². The molecule has 3 rings (SSSR count). The van der Waals surface area contributed by atoms with E-state index < -0.39 is 22.4 Å². The van der Waals surface area contributed by atoms with Crippen molar-refractivity contribution in [3.8, 4) is 5.75 Å². The molecular formula is C16H13F3N2O3. The van der Waals surface area contributed by atoms with E-state index in [-0.39, 0.29) is 11.7 Å². The lowest BCUT2D eigenvalue weighted by Crippen LogP contribution is -2.21. The molecule has 1 atom stereocenters. The molecule has 0 aromatic heterocycles. The number of nitrogens with one attached hydrogen (secondary N) is 1. The van der Waals surface area contributed by atoms with E-state index in [1.54, 1.807) is 6.07 Å². The minimum Gasteiger partial charge on any atom is -0.493 e. The number of alkyl halides is 3. The Morgan fingerprint density at radius 1 is 1.21 bits per heavy atom. The van der Waals surface area contributed by atoms with Crippen molar-refractivity contribution in [3.63, 3.8) is 0 Å². The van der Waals surface area contributed by atoms with Crippen molar-refractivity contribution in [2.75, 3.05) is 11.9 Å². The minimum atomic E-state index is -4.63. The normalized spacial score (nSPS) is 16.9. The molecule has 24 heavy (non-hydrogen) atoms. The van der Waals surface area contributed by atoms with Gasteiger partial charge in [0, 0.05) is 18.1 Å². The summed E-state index contributed by atoms with van der Waals surface area (Å²) in [4.78, 5) is 10.3. The number of halogens is 3. The molecule has 0 radical (unpaired) electrons. The fourth-order valence-electron chi connectivity index (χ4n) is 2.66. The molecule has 0 fully saturated rings. The number of hydrogen-bond acceptors (Lipinski definition) is 4. The van der Waals surface area contributed by atoms with Crippen molar-refractivity contribution in [2.24, 2.45) is 0 Å². The quantitative estimate of drug-likeness (QED) is 0.659. The third kappa shape index (κ3) is 3.12. The number of nitrogens with zero attached hydrogens (tertiary/aromatic N) is 1. The van der Waals surface area contributed by atoms with Gasteiger partial charge in [-0.2, -0.15) is 13.2 Å². The Hall–Kier alpha value is -2.77. The fraction of sp³-hybridized carbons (Fsp3) is 0.250. The van der Waals surface area contributed by atoms with Crippen LogP contribution in [0.1, 0.15) is 23.6 Å². The first kappa shape index (κ1) is 16.1. The van der Waals surface area contributed by atoms with Crippen molar-refractivity contribution >= 4 is 11.4 Å². The van der Waals surface area contributed by atoms with E-state index in [1.807, 2.05) is 18.2 Å². The molecule has 0 spiro atoms. The van der Waals surface area contributed by atoms with Crippen LogP contribution in [0.25, 0.3) is 0 Å². The number of anilines is 1. The Morgan fingerprint density at radius 3 is 2.67 bits per heavy atom. The zero-order valence-corrected chi connectivity index (χ0v) is 12.3. The van der Waals surface area contributed by atoms with Gasteiger partial charge in [-0.3, -0.25) is 10.1 Å². The Balaban J connectivity index is 1.95. The van der Waals surface area contributed by atoms with E-state index in [1.165, 1.54) is 0 Å². The average Bonchev–Trinajstić information content (AvgIpc) is 2.54. The van der Waals surface area contributed by atoms with Gasteiger partial charge in [-0.1, -0.05) is 18.2 Å². The Kier molecular flexibility index (Phi) is 4.04. The highest BCUT2D eigenvalue weighted by atomic mass is 19.4. The van der Waals surface area contributed by atoms with E-state index in [9.17, 15) is 23.3 Å². The second-order valence-corrected chi connectivity index (χ2v) is 5.36. The Bertz CT molecular complexity index is 777. The van der Waals surface area contributed by atoms with Crippen molar-refractivity contribution < 1.29 is 22.8 Å². The summed E-state index contributed by atoms with van der Waals surface area (Å²) in [6.45, 7) is 0.420. The molecule has 1 heterocycles. The summed E-state index contributed by atoms with van der Waals surface area (Å²) >= 11 is 0. The van der Waals surface area contributed by atoms with Crippen LogP contribution < -0.4 is 10.1 Å². The molecule has 2 aromatic carbocycles. The van der Waals surface area contributed by atoms with Crippen LogP contribution >= 0.6 is 0 Å². The van der Waals surface area contributed by atoms with Gasteiger partial charge in [0.15, 0.2) is 0 Å². The summed E-state index contributed by atoms with van der Waals surface area (Å²) in [5.41, 5.74) is -0.784. The predicted octanol–water partition coefficient (Wildman–Crippen LogP) is 4.55. The van der Waals surface area contributed by atoms with Crippen molar-refractivity contribution in [1.82, 2.24) is 0 Å². The highest BCUT2D eigenvalue weighted by Crippen LogP contribution is 2.39. The number of fused-ring (bicyclic) bond motifs is 1. The van der Waals surface area contributed by atoms with Crippen molar-refractivity contribution in [1.29, 1.82) is 0 Å². The highest BCUT2D eigenvalue weighted by molar-refractivity contribution is 5.64. The van der Waals surface area contributed by atoms with E-state index in [0.29, 0.717) is 24.8 Å². The summed E-state index contributed by atoms with van der Waals surface area (Å²) in [6, 6.07) is 9.43. The second kappa shape index (κ2) is 6.03. The molecular weight excluding hydrogens is 325 g/mol. The van der Waals surface area contributed by atoms with Gasteiger partial charge in [-0.15, -0.1) is 0 Å². The largest absolute Gasteiger partial charge is 0.493 e. The fourth-order valence-corrected chi connectivity index (χ4v) is 2.66. The van der Waals surface area contributed by atoms with Gasteiger partial charge in [-0.05, 0) is 18.2 Å². The van der Waals surface area contributed by atoms with E-state index in [4.69, 9.17) is 4.74 Å². The molecule has 0 saturated heterocycles. The molecule has 8 heteroatoms. The number of para-hydroxylation sites is 1. The summed E-state index contributed by atoms with van der Waals surface area (Å²) in [6.07, 6.45) is -4.08. The molecule has 0 aliphatic carbocycles. The number of hydrogen-bond donors (Lipinski definition) is 1. The van der Waals surface area contributed by atoms with Gasteiger partial charge < -0.3 is 10.1 Å². The molecule has 126 valence electrons. The standard InChI is InChI=1S/C16H13F3N2O3/c17-16(18,19)10-5-6-13(14(9-10)21(22)23)20-12-7-8-24-15-4-2-1-3-11(12)15/h1-6,9,12,20H,7-8H2. The first-order valence-corrected chi connectivity index (χ1v) is 7.20. The van der Waals surface area contributed by atoms with Crippen LogP contribution in [-0.4, -0.2) is 11.5 Å². The monoisotopic (exact) mass is 338 g/mol. The average molecular weight is 338 g/mol. The SMILES string of the molecule is O=[N+]([O-])c1cc(C(F)(F)F)ccc1NC1CCOc2ccccc21. The molecule has 5 nitrogen and oxygen atoms in total. The Labute approximate surface area is 135 Å². The zero-order valence-electron chi connectivity index (χ0n) is 12.3. The third-order valence-electron chi connectivity index (χ3n) is 3.81. The lowest BCUT2D eigenvalue weighted by molar-refractivity contribution is -0.384. The molecule has 1 aliphatic rings. The molecule has 0 amide bonds. The number of nitro groups is 1. The zero-order chi connectivity index (χ0) is 17.3. The van der Waals surface area contributed by atoms with Gasteiger partial charge in [0.2, 0.25) is 0 Å². The Morgan fingerprint density at radius 2 is 1.96 bits per heavy atom. The van der Waals surface area contributed by atoms with Crippen LogP contribution in [0.2, 0.25) is 0 Å². The number of rotatable bonds is 3. The summed E-state index contributed by atoms with van der Waals surface area (Å²) in [7, 11) is 0. The summed E-state index contributed by atoms with van der Waals surface area (Å²) in [5.74, 6) is 0.663. The van der Waals surface area contributed by atoms with Crippen molar-refractivity contribution in [2.45, 2.75) is 18.6 Å². The smallest absolute Gasteiger partial charge is 0.416 e. The highest BCUT2D eigenvalue weighted by Gasteiger charge is 2.33. The number of nitro benzene ring substituents is 1. The van der Waals surface area contributed by atoms with Crippen molar-refractivity contribution in [3.05, 3.63) is 63.7 Å². The van der Waals surface area contributed by atoms with Gasteiger partial charge in [-0.25, -0.2) is 0 Å². The second-order valence-electron chi connectivity index (χ2n) is 5.36. The van der Waals surface area contributed by atoms with Gasteiger partial charge in [0.1, 0.15) is 11.4 Å². The molecule has 1 aliphatic heterocycles. The van der Waals surface area contributed by atoms with E-state index >= 15 is 0 Å². The minimum absolute atomic E-state index is 0.0507. The van der Waals surface area contributed by atoms with Crippen LogP contribution in [0.5, 0.6) is 5.75 Å². The van der Waals surface area contributed by atoms with Crippen LogP contribution in [0.3, 0.4) is 0 Å². The van der Waals surface area contributed by atoms with Gasteiger partial charge in [0.25, 0.3) is 5.69 Å². The third-order valence-corrected chi connectivity index (χ3v) is 3.81. The molecule has 1 N–H and O–H groups in total. The van der Waals surface area contributed by atoms with Gasteiger partial charge >= 0.3 is 6.18 Å². The van der Waals surface area contributed by atoms with E-state index in [2.05, 4.69) is 5.32 Å². The summed E-state index contributed by atoms with van der Waals surface area (Å²) < 4.78 is 43.8. The predicted molar refractivity (Wildman–Crippen MR) is 81.0 cm³/mol. The molecule has 2 aromatic rings. The van der Waals surface area contributed by atoms with Crippen LogP contribution in [0, 0.1) is 10.1 Å². The molecule has 0 bridgehead atoms.